The Balaban J connectivity index is 2.23. The van der Waals surface area contributed by atoms with Gasteiger partial charge in [-0.05, 0) is 18.9 Å². The van der Waals surface area contributed by atoms with Crippen molar-refractivity contribution in [1.29, 1.82) is 0 Å². The molecule has 0 saturated carbocycles. The normalized spacial score (nSPS) is 16.0. The van der Waals surface area contributed by atoms with Crippen LogP contribution in [-0.4, -0.2) is 30.6 Å². The number of hydrogen-bond acceptors (Lipinski definition) is 3. The van der Waals surface area contributed by atoms with Crippen LogP contribution in [0.1, 0.15) is 12.8 Å². The highest BCUT2D eigenvalue weighted by Gasteiger charge is 2.15. The fourth-order valence-electron chi connectivity index (χ4n) is 1.69. The lowest BCUT2D eigenvalue weighted by molar-refractivity contribution is 0.578. The van der Waals surface area contributed by atoms with Gasteiger partial charge in [0.15, 0.2) is 0 Å². The Hall–Kier alpha value is -1.10. The molecule has 0 amide bonds. The molecule has 0 spiro atoms. The van der Waals surface area contributed by atoms with E-state index in [0.29, 0.717) is 5.82 Å². The highest BCUT2D eigenvalue weighted by Crippen LogP contribution is 2.16. The third-order valence-electron chi connectivity index (χ3n) is 2.51. The van der Waals surface area contributed by atoms with Gasteiger partial charge >= 0.3 is 7.48 Å². The molecule has 1 aliphatic heterocycles. The molecule has 0 radical (unpaired) electrons. The van der Waals surface area contributed by atoms with Crippen molar-refractivity contribution in [3.05, 3.63) is 18.1 Å². The lowest BCUT2D eigenvalue weighted by atomic mass is 9.90. The molecule has 74 valence electrons. The Morgan fingerprint density at radius 3 is 2.64 bits per heavy atom. The molecule has 0 aromatic carbocycles. The highest BCUT2D eigenvalue weighted by atomic mass is 19.1. The average molecular weight is 194 g/mol. The van der Waals surface area contributed by atoms with Gasteiger partial charge in [0.25, 0.3) is 0 Å². The van der Waals surface area contributed by atoms with Gasteiger partial charge < -0.3 is 9.92 Å². The summed E-state index contributed by atoms with van der Waals surface area (Å²) in [5, 5.41) is 8.78. The SMILES string of the molecule is OBc1ccc(N2CCCC2)nc1F. The molecule has 0 bridgehead atoms. The standard InChI is InChI=1S/C9H12BFN2O/c11-9-7(10-14)3-4-8(12-9)13-5-1-2-6-13/h3-4,10,14H,1-2,5-6H2. The molecule has 1 aromatic rings. The lowest BCUT2D eigenvalue weighted by Gasteiger charge is -2.16. The van der Waals surface area contributed by atoms with Crippen LogP contribution in [0.5, 0.6) is 0 Å². The zero-order valence-electron chi connectivity index (χ0n) is 7.91. The van der Waals surface area contributed by atoms with Crippen molar-refractivity contribution in [2.24, 2.45) is 0 Å². The number of pyridine rings is 1. The van der Waals surface area contributed by atoms with Crippen molar-refractivity contribution in [1.82, 2.24) is 4.98 Å². The van der Waals surface area contributed by atoms with Crippen LogP contribution >= 0.6 is 0 Å². The summed E-state index contributed by atoms with van der Waals surface area (Å²) in [7, 11) is -0.293. The van der Waals surface area contributed by atoms with Crippen molar-refractivity contribution in [2.45, 2.75) is 12.8 Å². The molecule has 1 aliphatic rings. The first-order valence-electron chi connectivity index (χ1n) is 4.82. The number of nitrogens with zero attached hydrogens (tertiary/aromatic N) is 2. The number of anilines is 1. The first-order chi connectivity index (χ1) is 6.81. The van der Waals surface area contributed by atoms with E-state index in [1.807, 2.05) is 0 Å². The average Bonchev–Trinajstić information content (AvgIpc) is 2.70. The van der Waals surface area contributed by atoms with E-state index in [2.05, 4.69) is 9.88 Å². The van der Waals surface area contributed by atoms with Gasteiger partial charge in [0.2, 0.25) is 5.95 Å². The molecule has 1 fully saturated rings. The van der Waals surface area contributed by atoms with Crippen LogP contribution in [0.25, 0.3) is 0 Å². The molecule has 14 heavy (non-hydrogen) atoms. The molecule has 0 aliphatic carbocycles. The number of hydrogen-bond donors (Lipinski definition) is 1. The quantitative estimate of drug-likeness (QED) is 0.522. The number of rotatable bonds is 2. The molecule has 1 N–H and O–H groups in total. The number of aromatic nitrogens is 1. The molecule has 5 heteroatoms. The maximum atomic E-state index is 13.2. The predicted molar refractivity (Wildman–Crippen MR) is 54.6 cm³/mol. The smallest absolute Gasteiger partial charge is 0.309 e. The molecule has 0 unspecified atom stereocenters. The Morgan fingerprint density at radius 2 is 2.07 bits per heavy atom. The first-order valence-corrected chi connectivity index (χ1v) is 4.82. The van der Waals surface area contributed by atoms with Gasteiger partial charge in [-0.15, -0.1) is 0 Å². The maximum Gasteiger partial charge on any atom is 0.309 e. The summed E-state index contributed by atoms with van der Waals surface area (Å²) in [4.78, 5) is 5.88. The summed E-state index contributed by atoms with van der Waals surface area (Å²) < 4.78 is 13.2. The van der Waals surface area contributed by atoms with E-state index in [0.717, 1.165) is 25.9 Å². The largest absolute Gasteiger partial charge is 0.449 e. The van der Waals surface area contributed by atoms with E-state index in [1.54, 1.807) is 12.1 Å². The molecule has 1 saturated heterocycles. The second-order valence-electron chi connectivity index (χ2n) is 3.47. The number of halogens is 1. The van der Waals surface area contributed by atoms with Gasteiger partial charge in [-0.3, -0.25) is 0 Å². The fourth-order valence-corrected chi connectivity index (χ4v) is 1.69. The Morgan fingerprint density at radius 1 is 1.36 bits per heavy atom. The Labute approximate surface area is 82.8 Å². The minimum atomic E-state index is -0.558. The summed E-state index contributed by atoms with van der Waals surface area (Å²) in [5.74, 6) is 0.120. The van der Waals surface area contributed by atoms with Crippen LogP contribution in [0.3, 0.4) is 0 Å². The molecule has 1 aromatic heterocycles. The summed E-state index contributed by atoms with van der Waals surface area (Å²) in [6.07, 6.45) is 2.29. The van der Waals surface area contributed by atoms with Gasteiger partial charge in [0, 0.05) is 18.6 Å². The third kappa shape index (κ3) is 1.72. The van der Waals surface area contributed by atoms with Gasteiger partial charge in [0.1, 0.15) is 5.82 Å². The summed E-state index contributed by atoms with van der Waals surface area (Å²) >= 11 is 0. The van der Waals surface area contributed by atoms with Gasteiger partial charge in [-0.1, -0.05) is 6.07 Å². The summed E-state index contributed by atoms with van der Waals surface area (Å²) in [5.41, 5.74) is 0.257. The van der Waals surface area contributed by atoms with Gasteiger partial charge in [0.05, 0.1) is 0 Å². The van der Waals surface area contributed by atoms with Gasteiger partial charge in [-0.25, -0.2) is 4.98 Å². The van der Waals surface area contributed by atoms with E-state index in [1.165, 1.54) is 0 Å². The third-order valence-corrected chi connectivity index (χ3v) is 2.51. The van der Waals surface area contributed by atoms with Crippen molar-refractivity contribution in [3.63, 3.8) is 0 Å². The molecule has 2 rings (SSSR count). The van der Waals surface area contributed by atoms with E-state index in [-0.39, 0.29) is 12.9 Å². The van der Waals surface area contributed by atoms with Crippen molar-refractivity contribution < 1.29 is 9.41 Å². The van der Waals surface area contributed by atoms with Gasteiger partial charge in [-0.2, -0.15) is 4.39 Å². The monoisotopic (exact) mass is 194 g/mol. The first kappa shape index (κ1) is 9.46. The molecular weight excluding hydrogens is 182 g/mol. The molecule has 0 atom stereocenters. The van der Waals surface area contributed by atoms with Crippen LogP contribution in [0.15, 0.2) is 12.1 Å². The van der Waals surface area contributed by atoms with E-state index in [4.69, 9.17) is 5.02 Å². The van der Waals surface area contributed by atoms with E-state index >= 15 is 0 Å². The summed E-state index contributed by atoms with van der Waals surface area (Å²) in [6, 6.07) is 3.36. The molecule has 2 heterocycles. The van der Waals surface area contributed by atoms with Crippen LogP contribution in [0, 0.1) is 5.95 Å². The minimum absolute atomic E-state index is 0.257. The van der Waals surface area contributed by atoms with Crippen LogP contribution in [0.4, 0.5) is 10.2 Å². The second kappa shape index (κ2) is 3.96. The maximum absolute atomic E-state index is 13.2. The summed E-state index contributed by atoms with van der Waals surface area (Å²) in [6.45, 7) is 1.90. The topological polar surface area (TPSA) is 36.4 Å². The Bertz CT molecular complexity index is 329. The van der Waals surface area contributed by atoms with Crippen molar-refractivity contribution in [2.75, 3.05) is 18.0 Å². The Kier molecular flexibility index (Phi) is 2.68. The van der Waals surface area contributed by atoms with Crippen molar-refractivity contribution >= 4 is 18.8 Å². The van der Waals surface area contributed by atoms with Crippen LogP contribution in [0.2, 0.25) is 0 Å². The van der Waals surface area contributed by atoms with Crippen LogP contribution < -0.4 is 10.4 Å². The highest BCUT2D eigenvalue weighted by molar-refractivity contribution is 6.45. The zero-order valence-corrected chi connectivity index (χ0v) is 7.91. The van der Waals surface area contributed by atoms with Crippen LogP contribution in [-0.2, 0) is 0 Å². The molecular formula is C9H12BFN2O. The minimum Gasteiger partial charge on any atom is -0.449 e. The fraction of sp³-hybridized carbons (Fsp3) is 0.444. The zero-order chi connectivity index (χ0) is 9.97. The molecule has 3 nitrogen and oxygen atoms in total. The van der Waals surface area contributed by atoms with Crippen molar-refractivity contribution in [3.8, 4) is 0 Å². The second-order valence-corrected chi connectivity index (χ2v) is 3.47. The van der Waals surface area contributed by atoms with E-state index < -0.39 is 5.95 Å². The van der Waals surface area contributed by atoms with E-state index in [9.17, 15) is 4.39 Å². The predicted octanol–water partition coefficient (Wildman–Crippen LogP) is -0.210. The lowest BCUT2D eigenvalue weighted by Crippen LogP contribution is -2.24.